The molecule has 0 aliphatic rings. The molecular formula is C13H25N4O3Tc. The Kier molecular flexibility index (Phi) is 12.8. The maximum absolute atomic E-state index is 10.4. The van der Waals surface area contributed by atoms with Crippen LogP contribution in [0.4, 0.5) is 0 Å². The van der Waals surface area contributed by atoms with Gasteiger partial charge in [0.2, 0.25) is 0 Å². The van der Waals surface area contributed by atoms with Gasteiger partial charge in [0, 0.05) is 5.71 Å². The molecule has 0 radical (unpaired) electrons. The Labute approximate surface area is 137 Å². The van der Waals surface area contributed by atoms with Crippen molar-refractivity contribution >= 4 is 11.4 Å². The van der Waals surface area contributed by atoms with Gasteiger partial charge < -0.3 is 26.2 Å². The molecule has 0 amide bonds. The van der Waals surface area contributed by atoms with Crippen molar-refractivity contribution in [1.29, 1.82) is 0 Å². The van der Waals surface area contributed by atoms with Crippen molar-refractivity contribution in [2.45, 2.75) is 53.6 Å². The van der Waals surface area contributed by atoms with Gasteiger partial charge in [-0.25, -0.2) is 0 Å². The summed E-state index contributed by atoms with van der Waals surface area (Å²) in [6.07, 6.45) is 0. The van der Waals surface area contributed by atoms with Gasteiger partial charge >= 0.3 is 22.4 Å². The van der Waals surface area contributed by atoms with Crippen LogP contribution in [0.15, 0.2) is 10.3 Å². The molecule has 8 heteroatoms. The van der Waals surface area contributed by atoms with Crippen LogP contribution in [0.3, 0.4) is 0 Å². The summed E-state index contributed by atoms with van der Waals surface area (Å²) < 4.78 is 8.22. The molecule has 7 nitrogen and oxygen atoms in total. The van der Waals surface area contributed by atoms with Crippen molar-refractivity contribution in [3.05, 3.63) is 15.8 Å². The van der Waals surface area contributed by atoms with Crippen LogP contribution >= 0.6 is 0 Å². The van der Waals surface area contributed by atoms with E-state index in [1.165, 1.54) is 0 Å². The fourth-order valence-electron chi connectivity index (χ4n) is 1.24. The van der Waals surface area contributed by atoms with Crippen LogP contribution in [-0.2, 0) is 22.4 Å². The molecule has 0 heterocycles. The maximum atomic E-state index is 10.4. The van der Waals surface area contributed by atoms with E-state index in [0.29, 0.717) is 24.5 Å². The van der Waals surface area contributed by atoms with Crippen molar-refractivity contribution in [2.75, 3.05) is 13.1 Å². The summed E-state index contributed by atoms with van der Waals surface area (Å²) in [7, 11) is 0. The van der Waals surface area contributed by atoms with Gasteiger partial charge in [0.05, 0.1) is 0 Å². The Morgan fingerprint density at radius 2 is 1.52 bits per heavy atom. The van der Waals surface area contributed by atoms with E-state index in [1.807, 2.05) is 13.8 Å². The van der Waals surface area contributed by atoms with Crippen LogP contribution in [0.5, 0.6) is 0 Å². The molecule has 0 saturated heterocycles. The number of hydrogen-bond donors (Lipinski definition) is 1. The van der Waals surface area contributed by atoms with Gasteiger partial charge in [0.15, 0.2) is 0 Å². The van der Waals surface area contributed by atoms with Gasteiger partial charge in [-0.2, -0.15) is 0 Å². The number of rotatable bonds is 8. The van der Waals surface area contributed by atoms with Gasteiger partial charge in [0.1, 0.15) is 0 Å². The minimum atomic E-state index is -0.157. The summed E-state index contributed by atoms with van der Waals surface area (Å²) in [5, 5.41) is 34.0. The van der Waals surface area contributed by atoms with Crippen LogP contribution < -0.4 is 0 Å². The van der Waals surface area contributed by atoms with Crippen molar-refractivity contribution in [1.82, 2.24) is 0 Å². The summed E-state index contributed by atoms with van der Waals surface area (Å²) in [5.74, 6) is 0. The molecule has 0 spiro atoms. The van der Waals surface area contributed by atoms with Crippen LogP contribution in [0.2, 0.25) is 0 Å². The summed E-state index contributed by atoms with van der Waals surface area (Å²) in [4.78, 5) is 0. The van der Waals surface area contributed by atoms with Crippen molar-refractivity contribution in [2.24, 2.45) is 15.7 Å². The van der Waals surface area contributed by atoms with Gasteiger partial charge in [-0.1, -0.05) is 39.2 Å². The number of nitrogens with zero attached hydrogens (tertiary/aromatic N) is 4. The summed E-state index contributed by atoms with van der Waals surface area (Å²) in [6.45, 7) is 12.5. The molecule has 0 bridgehead atoms. The molecule has 1 N–H and O–H groups in total. The summed E-state index contributed by atoms with van der Waals surface area (Å²) in [6, 6.07) is -0.262. The third-order valence-electron chi connectivity index (χ3n) is 3.10. The zero-order valence-corrected chi connectivity index (χ0v) is 15.4. The average molecular weight is 383 g/mol. The topological polar surface area (TPSA) is 113 Å². The fraction of sp³-hybridized carbons (Fsp3) is 0.846. The first-order chi connectivity index (χ1) is 9.73. The van der Waals surface area contributed by atoms with Gasteiger partial charge in [-0.15, -0.1) is 24.3 Å². The summed E-state index contributed by atoms with van der Waals surface area (Å²) >= 11 is 0.900. The van der Waals surface area contributed by atoms with E-state index in [-0.39, 0.29) is 17.5 Å². The molecule has 0 fully saturated rings. The molecule has 0 saturated carbocycles. The van der Waals surface area contributed by atoms with E-state index in [1.54, 1.807) is 13.8 Å². The molecule has 0 aromatic heterocycles. The predicted octanol–water partition coefficient (Wildman–Crippen LogP) is 3.22. The molecular weight excluding hydrogens is 358 g/mol. The standard InChI is InChI=1S/C13H26N4O2.O.Tc/c1-9(11(3)16-18)14-7-13(5,6)8-15-10(2)12(4)17-19;;/h9-10,18-19H,7-8H2,1-6H3;;/q-2;;+3/p-1/b16-11+,17-12+;;. The van der Waals surface area contributed by atoms with Crippen LogP contribution in [-0.4, -0.2) is 41.8 Å². The molecule has 0 aliphatic heterocycles. The average Bonchev–Trinajstić information content (AvgIpc) is 2.50. The third kappa shape index (κ3) is 10.6. The van der Waals surface area contributed by atoms with Gasteiger partial charge in [-0.05, 0) is 19.6 Å². The molecule has 0 aromatic carbocycles. The third-order valence-corrected chi connectivity index (χ3v) is 3.10. The van der Waals surface area contributed by atoms with Gasteiger partial charge in [0.25, 0.3) is 0 Å². The zero-order valence-electron chi connectivity index (χ0n) is 13.5. The molecule has 0 aromatic rings. The minimum absolute atomic E-state index is 0.0958. The monoisotopic (exact) mass is 382 g/mol. The quantitative estimate of drug-likeness (QED) is 0.394. The fourth-order valence-corrected chi connectivity index (χ4v) is 1.24. The van der Waals surface area contributed by atoms with E-state index in [0.717, 1.165) is 18.9 Å². The molecule has 2 unspecified atom stereocenters. The van der Waals surface area contributed by atoms with Crippen molar-refractivity contribution in [3.63, 3.8) is 0 Å². The molecule has 2 atom stereocenters. The van der Waals surface area contributed by atoms with E-state index in [4.69, 9.17) is 8.71 Å². The Morgan fingerprint density at radius 1 is 1.14 bits per heavy atom. The predicted molar refractivity (Wildman–Crippen MR) is 81.2 cm³/mol. The first-order valence-electron chi connectivity index (χ1n) is 6.57. The van der Waals surface area contributed by atoms with E-state index < -0.39 is 0 Å². The molecule has 0 aliphatic carbocycles. The SMILES string of the molecule is C/C(=N\[O-])C(C)[N-]CC(C)(C)C[N-]C(C)/C(C)=N/O.[O]=[Tc+3]. The van der Waals surface area contributed by atoms with Crippen LogP contribution in [0.1, 0.15) is 41.5 Å². The Morgan fingerprint density at radius 3 is 1.86 bits per heavy atom. The number of hydrogen-bond acceptors (Lipinski definition) is 5. The Bertz CT molecular complexity index is 318. The van der Waals surface area contributed by atoms with E-state index >= 15 is 0 Å². The molecule has 0 rings (SSSR count). The van der Waals surface area contributed by atoms with E-state index in [2.05, 4.69) is 34.8 Å². The van der Waals surface area contributed by atoms with Crippen molar-refractivity contribution < 1.29 is 27.6 Å². The second-order valence-electron chi connectivity index (χ2n) is 5.67. The second-order valence-corrected chi connectivity index (χ2v) is 5.67. The number of oxime groups is 1. The second kappa shape index (κ2) is 11.9. The molecule has 21 heavy (non-hydrogen) atoms. The van der Waals surface area contributed by atoms with Crippen molar-refractivity contribution in [3.8, 4) is 0 Å². The Hall–Kier alpha value is -0.691. The zero-order chi connectivity index (χ0) is 17.1. The van der Waals surface area contributed by atoms with Crippen LogP contribution in [0, 0.1) is 10.6 Å². The van der Waals surface area contributed by atoms with E-state index in [9.17, 15) is 5.21 Å². The first kappa shape index (κ1) is 22.6. The van der Waals surface area contributed by atoms with Crippen LogP contribution in [0.25, 0.3) is 10.6 Å². The molecule has 122 valence electrons. The normalized spacial score (nSPS) is 15.9. The van der Waals surface area contributed by atoms with Gasteiger partial charge in [-0.3, -0.25) is 0 Å². The summed E-state index contributed by atoms with van der Waals surface area (Å²) in [5.41, 5.74) is 0.987. The Balaban J connectivity index is 0. The first-order valence-corrected chi connectivity index (χ1v) is 7.33.